The van der Waals surface area contributed by atoms with Crippen molar-refractivity contribution in [2.45, 2.75) is 36.2 Å². The highest BCUT2D eigenvalue weighted by Crippen LogP contribution is 2.38. The lowest BCUT2D eigenvalue weighted by Crippen LogP contribution is -2.01. The monoisotopic (exact) mass is 524 g/mol. The summed E-state index contributed by atoms with van der Waals surface area (Å²) < 4.78 is 11.5. The predicted octanol–water partition coefficient (Wildman–Crippen LogP) is 7.34. The van der Waals surface area contributed by atoms with Crippen LogP contribution < -0.4 is 14.8 Å². The van der Waals surface area contributed by atoms with Gasteiger partial charge in [0.25, 0.3) is 0 Å². The number of nitrogens with one attached hydrogen (secondary N) is 1. The van der Waals surface area contributed by atoms with Gasteiger partial charge in [-0.25, -0.2) is 15.0 Å². The molecule has 0 saturated heterocycles. The van der Waals surface area contributed by atoms with Gasteiger partial charge in [-0.2, -0.15) is 0 Å². The van der Waals surface area contributed by atoms with E-state index in [-0.39, 0.29) is 5.75 Å². The number of aromatic hydroxyl groups is 1. The van der Waals surface area contributed by atoms with Crippen LogP contribution in [-0.4, -0.2) is 27.2 Å². The Morgan fingerprint density at radius 1 is 0.921 bits per heavy atom. The largest absolute Gasteiger partial charge is 0.508 e. The van der Waals surface area contributed by atoms with Crippen molar-refractivity contribution in [3.05, 3.63) is 96.4 Å². The Kier molecular flexibility index (Phi) is 7.60. The molecule has 2 aromatic heterocycles. The average molecular weight is 525 g/mol. The Bertz CT molecular complexity index is 1560. The Hall–Kier alpha value is -4.30. The van der Waals surface area contributed by atoms with Gasteiger partial charge in [-0.15, -0.1) is 0 Å². The number of phenolic OH excluding ortho intramolecular Hbond substituents is 1. The Morgan fingerprint density at radius 2 is 1.76 bits per heavy atom. The summed E-state index contributed by atoms with van der Waals surface area (Å²) in [5.74, 6) is 2.70. The van der Waals surface area contributed by atoms with E-state index in [1.807, 2.05) is 66.7 Å². The zero-order chi connectivity index (χ0) is 26.5. The maximum Gasteiger partial charge on any atom is 0.164 e. The summed E-state index contributed by atoms with van der Waals surface area (Å²) in [5, 5.41) is 14.0. The number of aromatic nitrogens is 3. The van der Waals surface area contributed by atoms with Crippen LogP contribution in [0.4, 0.5) is 11.5 Å². The molecule has 38 heavy (non-hydrogen) atoms. The third-order valence-electron chi connectivity index (χ3n) is 5.92. The molecule has 2 heterocycles. The van der Waals surface area contributed by atoms with Gasteiger partial charge in [-0.3, -0.25) is 0 Å². The third-order valence-corrected chi connectivity index (χ3v) is 7.00. The van der Waals surface area contributed by atoms with Gasteiger partial charge in [0, 0.05) is 21.6 Å². The van der Waals surface area contributed by atoms with E-state index in [9.17, 15) is 5.11 Å². The molecule has 0 fully saturated rings. The first kappa shape index (κ1) is 25.4. The molecule has 7 nitrogen and oxygen atoms in total. The lowest BCUT2D eigenvalue weighted by Gasteiger charge is -2.15. The molecule has 0 aliphatic rings. The van der Waals surface area contributed by atoms with Gasteiger partial charge in [0.05, 0.1) is 18.2 Å². The molecular weight excluding hydrogens is 496 g/mol. The van der Waals surface area contributed by atoms with Crippen LogP contribution in [0.3, 0.4) is 0 Å². The highest BCUT2D eigenvalue weighted by molar-refractivity contribution is 7.99. The summed E-state index contributed by atoms with van der Waals surface area (Å²) in [6.07, 6.45) is 1.53. The van der Waals surface area contributed by atoms with Gasteiger partial charge in [0.2, 0.25) is 0 Å². The molecule has 0 bridgehead atoms. The topological polar surface area (TPSA) is 89.4 Å². The molecule has 5 rings (SSSR count). The minimum atomic E-state index is 0.231. The molecular formula is C30H28N4O3S. The van der Waals surface area contributed by atoms with E-state index in [0.717, 1.165) is 37.9 Å². The second-order valence-corrected chi connectivity index (χ2v) is 10.1. The van der Waals surface area contributed by atoms with Crippen molar-refractivity contribution in [2.24, 2.45) is 0 Å². The zero-order valence-corrected chi connectivity index (χ0v) is 22.2. The van der Waals surface area contributed by atoms with Crippen LogP contribution in [0.2, 0.25) is 0 Å². The van der Waals surface area contributed by atoms with Crippen molar-refractivity contribution in [1.29, 1.82) is 0 Å². The van der Waals surface area contributed by atoms with Crippen LogP contribution in [0, 0.1) is 0 Å². The summed E-state index contributed by atoms with van der Waals surface area (Å²) >= 11 is 1.58. The number of phenols is 1. The SMILES string of the molecule is COc1cccc(COc2ccc(Sc3ccc(O)cc3)c(Nc3ncnc4nc(C(C)C)ccc34)c2)c1. The first-order chi connectivity index (χ1) is 18.5. The van der Waals surface area contributed by atoms with Crippen molar-refractivity contribution in [3.63, 3.8) is 0 Å². The third kappa shape index (κ3) is 5.98. The van der Waals surface area contributed by atoms with Crippen molar-refractivity contribution in [1.82, 2.24) is 15.0 Å². The van der Waals surface area contributed by atoms with Crippen molar-refractivity contribution < 1.29 is 14.6 Å². The molecule has 8 heteroatoms. The van der Waals surface area contributed by atoms with E-state index in [4.69, 9.17) is 14.5 Å². The van der Waals surface area contributed by atoms with Gasteiger partial charge >= 0.3 is 0 Å². The van der Waals surface area contributed by atoms with Crippen LogP contribution in [0.25, 0.3) is 11.0 Å². The zero-order valence-electron chi connectivity index (χ0n) is 21.4. The fourth-order valence-corrected chi connectivity index (χ4v) is 4.74. The van der Waals surface area contributed by atoms with Crippen molar-refractivity contribution in [2.75, 3.05) is 12.4 Å². The van der Waals surface area contributed by atoms with Gasteiger partial charge in [-0.05, 0) is 72.1 Å². The van der Waals surface area contributed by atoms with E-state index in [2.05, 4.69) is 29.1 Å². The number of ether oxygens (including phenoxy) is 2. The number of fused-ring (bicyclic) bond motifs is 1. The average Bonchev–Trinajstić information content (AvgIpc) is 2.94. The molecule has 0 saturated carbocycles. The lowest BCUT2D eigenvalue weighted by molar-refractivity contribution is 0.305. The van der Waals surface area contributed by atoms with Gasteiger partial charge < -0.3 is 19.9 Å². The number of methoxy groups -OCH3 is 1. The van der Waals surface area contributed by atoms with Crippen LogP contribution >= 0.6 is 11.8 Å². The highest BCUT2D eigenvalue weighted by atomic mass is 32.2. The molecule has 192 valence electrons. The number of hydrogen-bond donors (Lipinski definition) is 2. The van der Waals surface area contributed by atoms with Crippen molar-refractivity contribution in [3.8, 4) is 17.2 Å². The van der Waals surface area contributed by atoms with E-state index in [1.54, 1.807) is 31.0 Å². The van der Waals surface area contributed by atoms with E-state index >= 15 is 0 Å². The first-order valence-corrected chi connectivity index (χ1v) is 13.1. The van der Waals surface area contributed by atoms with Gasteiger partial charge in [0.1, 0.15) is 36.0 Å². The van der Waals surface area contributed by atoms with Crippen LogP contribution in [0.5, 0.6) is 17.2 Å². The van der Waals surface area contributed by atoms with Crippen LogP contribution in [0.15, 0.2) is 95.0 Å². The van der Waals surface area contributed by atoms with E-state index in [0.29, 0.717) is 29.7 Å². The number of hydrogen-bond acceptors (Lipinski definition) is 8. The second-order valence-electron chi connectivity index (χ2n) is 9.00. The van der Waals surface area contributed by atoms with Gasteiger partial charge in [0.15, 0.2) is 5.65 Å². The molecule has 0 aliphatic heterocycles. The number of anilines is 2. The molecule has 3 aromatic carbocycles. The Morgan fingerprint density at radius 3 is 2.55 bits per heavy atom. The fraction of sp³-hybridized carbons (Fsp3) is 0.167. The number of rotatable bonds is 9. The van der Waals surface area contributed by atoms with Crippen molar-refractivity contribution >= 4 is 34.3 Å². The summed E-state index contributed by atoms with van der Waals surface area (Å²) in [4.78, 5) is 15.6. The number of benzene rings is 3. The minimum Gasteiger partial charge on any atom is -0.508 e. The number of nitrogens with zero attached hydrogens (tertiary/aromatic N) is 3. The molecule has 5 aromatic rings. The quantitative estimate of drug-likeness (QED) is 0.207. The Labute approximate surface area is 225 Å². The maximum absolute atomic E-state index is 9.68. The fourth-order valence-electron chi connectivity index (χ4n) is 3.86. The minimum absolute atomic E-state index is 0.231. The number of pyridine rings is 1. The summed E-state index contributed by atoms with van der Waals surface area (Å²) in [6, 6.07) is 24.9. The normalized spacial score (nSPS) is 11.1. The smallest absolute Gasteiger partial charge is 0.164 e. The highest BCUT2D eigenvalue weighted by Gasteiger charge is 2.13. The van der Waals surface area contributed by atoms with Crippen LogP contribution in [-0.2, 0) is 6.61 Å². The summed E-state index contributed by atoms with van der Waals surface area (Å²) in [6.45, 7) is 4.62. The summed E-state index contributed by atoms with van der Waals surface area (Å²) in [7, 11) is 1.65. The molecule has 2 N–H and O–H groups in total. The lowest BCUT2D eigenvalue weighted by atomic mass is 10.1. The second kappa shape index (κ2) is 11.4. The molecule has 0 radical (unpaired) electrons. The standard InChI is InChI=1S/C30H28N4O3S/c1-19(2)26-13-12-25-29(33-26)31-18-32-30(25)34-27-16-23(37-17-20-5-4-6-22(15-20)36-3)9-14-28(27)38-24-10-7-21(35)8-11-24/h4-16,18-19,35H,17H2,1-3H3,(H,31,32,33,34). The molecule has 0 atom stereocenters. The van der Waals surface area contributed by atoms with E-state index in [1.165, 1.54) is 6.33 Å². The molecule has 0 unspecified atom stereocenters. The van der Waals surface area contributed by atoms with Crippen LogP contribution in [0.1, 0.15) is 31.0 Å². The molecule has 0 spiro atoms. The van der Waals surface area contributed by atoms with Gasteiger partial charge in [-0.1, -0.05) is 37.7 Å². The molecule has 0 aliphatic carbocycles. The van der Waals surface area contributed by atoms with E-state index < -0.39 is 0 Å². The summed E-state index contributed by atoms with van der Waals surface area (Å²) in [5.41, 5.74) is 3.47. The molecule has 0 amide bonds. The first-order valence-electron chi connectivity index (χ1n) is 12.2. The Balaban J connectivity index is 1.47. The predicted molar refractivity (Wildman–Crippen MR) is 151 cm³/mol. The maximum atomic E-state index is 9.68.